The van der Waals surface area contributed by atoms with E-state index in [0.717, 1.165) is 5.56 Å². The highest BCUT2D eigenvalue weighted by molar-refractivity contribution is 6.42. The Labute approximate surface area is 134 Å². The van der Waals surface area contributed by atoms with Crippen LogP contribution in [0.15, 0.2) is 18.2 Å². The molecule has 1 aromatic rings. The van der Waals surface area contributed by atoms with Gasteiger partial charge < -0.3 is 10.2 Å². The van der Waals surface area contributed by atoms with Crippen LogP contribution in [0.2, 0.25) is 10.0 Å². The van der Waals surface area contributed by atoms with Gasteiger partial charge in [0, 0.05) is 6.54 Å². The minimum absolute atomic E-state index is 0.0519. The lowest BCUT2D eigenvalue weighted by Gasteiger charge is -2.33. The van der Waals surface area contributed by atoms with Gasteiger partial charge in [0.1, 0.15) is 6.04 Å². The Kier molecular flexibility index (Phi) is 5.12. The van der Waals surface area contributed by atoms with E-state index in [9.17, 15) is 9.59 Å². The maximum Gasteiger partial charge on any atom is 0.245 e. The first-order valence-corrected chi connectivity index (χ1v) is 7.65. The number of nitrogens with one attached hydrogen (secondary N) is 1. The third-order valence-corrected chi connectivity index (χ3v) is 4.24. The van der Waals surface area contributed by atoms with E-state index in [-0.39, 0.29) is 18.4 Å². The van der Waals surface area contributed by atoms with Crippen molar-refractivity contribution < 1.29 is 9.59 Å². The summed E-state index contributed by atoms with van der Waals surface area (Å²) in [6.45, 7) is 4.38. The molecule has 1 heterocycles. The minimum atomic E-state index is -0.454. The van der Waals surface area contributed by atoms with Crippen LogP contribution in [0.5, 0.6) is 0 Å². The van der Waals surface area contributed by atoms with Crippen LogP contribution in [0.4, 0.5) is 0 Å². The number of amides is 2. The first-order valence-electron chi connectivity index (χ1n) is 6.89. The second kappa shape index (κ2) is 6.67. The second-order valence-electron chi connectivity index (χ2n) is 5.66. The van der Waals surface area contributed by atoms with Crippen LogP contribution in [0, 0.1) is 5.92 Å². The fourth-order valence-corrected chi connectivity index (χ4v) is 2.79. The van der Waals surface area contributed by atoms with Crippen molar-refractivity contribution in [2.24, 2.45) is 5.92 Å². The van der Waals surface area contributed by atoms with Gasteiger partial charge in [-0.3, -0.25) is 9.59 Å². The summed E-state index contributed by atoms with van der Waals surface area (Å²) in [5.41, 5.74) is 0.746. The van der Waals surface area contributed by atoms with Gasteiger partial charge in [-0.1, -0.05) is 49.2 Å². The van der Waals surface area contributed by atoms with Crippen molar-refractivity contribution in [2.75, 3.05) is 6.54 Å². The lowest BCUT2D eigenvalue weighted by molar-refractivity contribution is -0.145. The lowest BCUT2D eigenvalue weighted by atomic mass is 10.0. The maximum atomic E-state index is 12.4. The minimum Gasteiger partial charge on any atom is -0.343 e. The molecule has 0 bridgehead atoms. The number of hydrogen-bond donors (Lipinski definition) is 1. The van der Waals surface area contributed by atoms with Crippen LogP contribution >= 0.6 is 23.2 Å². The smallest absolute Gasteiger partial charge is 0.245 e. The molecule has 1 aliphatic heterocycles. The lowest BCUT2D eigenvalue weighted by Crippen LogP contribution is -2.57. The Morgan fingerprint density at radius 2 is 2.05 bits per heavy atom. The van der Waals surface area contributed by atoms with Gasteiger partial charge >= 0.3 is 0 Å². The molecular weight excluding hydrogens is 311 g/mol. The van der Waals surface area contributed by atoms with E-state index in [1.165, 1.54) is 4.90 Å². The summed E-state index contributed by atoms with van der Waals surface area (Å²) >= 11 is 12.1. The third-order valence-electron chi connectivity index (χ3n) is 3.38. The van der Waals surface area contributed by atoms with Crippen molar-refractivity contribution in [3.8, 4) is 0 Å². The summed E-state index contributed by atoms with van der Waals surface area (Å²) in [6, 6.07) is 4.83. The molecule has 1 unspecified atom stereocenters. The second-order valence-corrected chi connectivity index (χ2v) is 6.44. The zero-order chi connectivity index (χ0) is 15.6. The first-order chi connectivity index (χ1) is 9.88. The Bertz CT molecular complexity index is 561. The molecule has 1 saturated heterocycles. The van der Waals surface area contributed by atoms with Gasteiger partial charge in [0.15, 0.2) is 0 Å². The molecule has 0 spiro atoms. The van der Waals surface area contributed by atoms with Crippen LogP contribution in [-0.4, -0.2) is 29.3 Å². The van der Waals surface area contributed by atoms with E-state index in [0.29, 0.717) is 28.9 Å². The SMILES string of the molecule is CC(C)CC1NC(=O)CN(Cc2cccc(Cl)c2Cl)C1=O. The maximum absolute atomic E-state index is 12.4. The number of hydrogen-bond acceptors (Lipinski definition) is 2. The summed E-state index contributed by atoms with van der Waals surface area (Å²) in [5, 5.41) is 3.63. The molecule has 114 valence electrons. The van der Waals surface area contributed by atoms with E-state index in [2.05, 4.69) is 5.32 Å². The molecule has 1 aromatic carbocycles. The molecule has 2 amide bonds. The molecule has 2 rings (SSSR count). The average molecular weight is 329 g/mol. The third kappa shape index (κ3) is 3.89. The van der Waals surface area contributed by atoms with Gasteiger partial charge in [-0.25, -0.2) is 0 Å². The van der Waals surface area contributed by atoms with Gasteiger partial charge in [-0.2, -0.15) is 0 Å². The highest BCUT2D eigenvalue weighted by Gasteiger charge is 2.33. The zero-order valence-electron chi connectivity index (χ0n) is 12.0. The van der Waals surface area contributed by atoms with Crippen molar-refractivity contribution in [1.82, 2.24) is 10.2 Å². The normalized spacial score (nSPS) is 19.1. The van der Waals surface area contributed by atoms with E-state index in [1.54, 1.807) is 12.1 Å². The summed E-state index contributed by atoms with van der Waals surface area (Å²) in [7, 11) is 0. The number of piperazine rings is 1. The topological polar surface area (TPSA) is 49.4 Å². The molecular formula is C15H18Cl2N2O2. The molecule has 0 aromatic heterocycles. The summed E-state index contributed by atoms with van der Waals surface area (Å²) in [6.07, 6.45) is 0.629. The van der Waals surface area contributed by atoms with Crippen LogP contribution < -0.4 is 5.32 Å². The molecule has 21 heavy (non-hydrogen) atoms. The van der Waals surface area contributed by atoms with Crippen LogP contribution in [0.25, 0.3) is 0 Å². The summed E-state index contributed by atoms with van der Waals surface area (Å²) < 4.78 is 0. The van der Waals surface area contributed by atoms with Gasteiger partial charge in [0.25, 0.3) is 0 Å². The van der Waals surface area contributed by atoms with E-state index >= 15 is 0 Å². The van der Waals surface area contributed by atoms with Crippen molar-refractivity contribution in [3.05, 3.63) is 33.8 Å². The molecule has 6 heteroatoms. The fourth-order valence-electron chi connectivity index (χ4n) is 2.41. The number of carbonyl (C=O) groups excluding carboxylic acids is 2. The predicted octanol–water partition coefficient (Wildman–Crippen LogP) is 2.87. The van der Waals surface area contributed by atoms with Crippen LogP contribution in [-0.2, 0) is 16.1 Å². The van der Waals surface area contributed by atoms with Gasteiger partial charge in [0.2, 0.25) is 11.8 Å². The Morgan fingerprint density at radius 3 is 2.71 bits per heavy atom. The quantitative estimate of drug-likeness (QED) is 0.923. The highest BCUT2D eigenvalue weighted by atomic mass is 35.5. The molecule has 1 N–H and O–H groups in total. The molecule has 0 saturated carbocycles. The largest absolute Gasteiger partial charge is 0.343 e. The van der Waals surface area contributed by atoms with Crippen molar-refractivity contribution in [3.63, 3.8) is 0 Å². The van der Waals surface area contributed by atoms with Crippen molar-refractivity contribution in [1.29, 1.82) is 0 Å². The molecule has 1 aliphatic rings. The average Bonchev–Trinajstić information content (AvgIpc) is 2.39. The molecule has 1 fully saturated rings. The number of nitrogens with zero attached hydrogens (tertiary/aromatic N) is 1. The zero-order valence-corrected chi connectivity index (χ0v) is 13.5. The van der Waals surface area contributed by atoms with E-state index in [1.807, 2.05) is 19.9 Å². The molecule has 1 atom stereocenters. The Morgan fingerprint density at radius 1 is 1.33 bits per heavy atom. The van der Waals surface area contributed by atoms with Gasteiger partial charge in [-0.05, 0) is 24.0 Å². The summed E-state index contributed by atoms with van der Waals surface area (Å²) in [5.74, 6) is 0.117. The molecule has 0 radical (unpaired) electrons. The number of rotatable bonds is 4. The van der Waals surface area contributed by atoms with Gasteiger partial charge in [-0.15, -0.1) is 0 Å². The number of carbonyl (C=O) groups is 2. The van der Waals surface area contributed by atoms with Crippen molar-refractivity contribution in [2.45, 2.75) is 32.9 Å². The van der Waals surface area contributed by atoms with E-state index < -0.39 is 6.04 Å². The molecule has 4 nitrogen and oxygen atoms in total. The highest BCUT2D eigenvalue weighted by Crippen LogP contribution is 2.27. The fraction of sp³-hybridized carbons (Fsp3) is 0.467. The monoisotopic (exact) mass is 328 g/mol. The standard InChI is InChI=1S/C15H18Cl2N2O2/c1-9(2)6-12-15(21)19(8-13(20)18-12)7-10-4-3-5-11(16)14(10)17/h3-5,9,12H,6-8H2,1-2H3,(H,18,20). The first kappa shape index (κ1) is 16.1. The Balaban J connectivity index is 2.16. The van der Waals surface area contributed by atoms with Crippen LogP contribution in [0.3, 0.4) is 0 Å². The number of halogens is 2. The number of benzene rings is 1. The Hall–Kier alpha value is -1.26. The van der Waals surface area contributed by atoms with Crippen molar-refractivity contribution >= 4 is 35.0 Å². The van der Waals surface area contributed by atoms with Crippen LogP contribution in [0.1, 0.15) is 25.8 Å². The van der Waals surface area contributed by atoms with Gasteiger partial charge in [0.05, 0.1) is 16.6 Å². The predicted molar refractivity (Wildman–Crippen MR) is 83.3 cm³/mol. The van der Waals surface area contributed by atoms with E-state index in [4.69, 9.17) is 23.2 Å². The summed E-state index contributed by atoms with van der Waals surface area (Å²) in [4.78, 5) is 25.8. The molecule has 0 aliphatic carbocycles.